The van der Waals surface area contributed by atoms with Crippen LogP contribution in [0.2, 0.25) is 0 Å². The van der Waals surface area contributed by atoms with Crippen LogP contribution in [0.3, 0.4) is 0 Å². The topological polar surface area (TPSA) is 34.1 Å². The fourth-order valence-electron chi connectivity index (χ4n) is 2.48. The molecular weight excluding hydrogens is 211 g/mol. The fraction of sp³-hybridized carbons (Fsp3) is 0.556. The zero-order chi connectivity index (χ0) is 9.59. The first-order valence-electron chi connectivity index (χ1n) is 4.25. The van der Waals surface area contributed by atoms with Crippen molar-refractivity contribution in [3.05, 3.63) is 11.1 Å². The first kappa shape index (κ1) is 9.22. The van der Waals surface area contributed by atoms with Gasteiger partial charge in [0.15, 0.2) is 0 Å². The van der Waals surface area contributed by atoms with Gasteiger partial charge in [-0.2, -0.15) is 0 Å². The predicted octanol–water partition coefficient (Wildman–Crippen LogP) is 2.24. The Kier molecular flexibility index (Phi) is 2.20. The number of rotatable bonds is 2. The third-order valence-electron chi connectivity index (χ3n) is 2.96. The van der Waals surface area contributed by atoms with E-state index >= 15 is 0 Å². The van der Waals surface area contributed by atoms with E-state index in [-0.39, 0.29) is 11.8 Å². The molecule has 0 amide bonds. The minimum absolute atomic E-state index is 0.188. The van der Waals surface area contributed by atoms with Gasteiger partial charge in [-0.15, -0.1) is 0 Å². The van der Waals surface area contributed by atoms with Gasteiger partial charge in [-0.05, 0) is 54.3 Å². The number of hydrogen-bond donors (Lipinski definition) is 0. The molecule has 2 aliphatic carbocycles. The van der Waals surface area contributed by atoms with E-state index in [0.717, 1.165) is 19.3 Å². The summed E-state index contributed by atoms with van der Waals surface area (Å²) in [6.45, 7) is 0. The Morgan fingerprint density at radius 1 is 1.00 bits per heavy atom. The molecule has 70 valence electrons. The molecule has 0 N–H and O–H groups in total. The molecule has 1 saturated carbocycles. The summed E-state index contributed by atoms with van der Waals surface area (Å²) in [6.07, 6.45) is 2.81. The van der Waals surface area contributed by atoms with Crippen molar-refractivity contribution in [2.24, 2.45) is 11.8 Å². The maximum absolute atomic E-state index is 11.0. The third-order valence-corrected chi connectivity index (χ3v) is 3.37. The number of halogens is 2. The highest BCUT2D eigenvalue weighted by atomic mass is 35.5. The van der Waals surface area contributed by atoms with Crippen molar-refractivity contribution >= 4 is 33.7 Å². The largest absolute Gasteiger partial charge is 0.276 e. The van der Waals surface area contributed by atoms with E-state index in [9.17, 15) is 9.59 Å². The zero-order valence-electron chi connectivity index (χ0n) is 6.85. The van der Waals surface area contributed by atoms with Crippen molar-refractivity contribution in [1.29, 1.82) is 0 Å². The van der Waals surface area contributed by atoms with Crippen LogP contribution in [-0.4, -0.2) is 10.5 Å². The highest BCUT2D eigenvalue weighted by Crippen LogP contribution is 2.49. The molecule has 2 rings (SSSR count). The van der Waals surface area contributed by atoms with Crippen LogP contribution >= 0.6 is 23.2 Å². The Bertz CT molecular complexity index is 290. The van der Waals surface area contributed by atoms with Gasteiger partial charge in [0, 0.05) is 11.1 Å². The molecule has 0 saturated heterocycles. The Labute approximate surface area is 85.9 Å². The number of fused-ring (bicyclic) bond motifs is 2. The van der Waals surface area contributed by atoms with Crippen molar-refractivity contribution in [3.8, 4) is 0 Å². The van der Waals surface area contributed by atoms with Crippen LogP contribution in [0.5, 0.6) is 0 Å². The van der Waals surface area contributed by atoms with E-state index in [1.165, 1.54) is 0 Å². The molecule has 0 radical (unpaired) electrons. The number of hydrogen-bond acceptors (Lipinski definition) is 2. The lowest BCUT2D eigenvalue weighted by atomic mass is 9.93. The SMILES string of the molecule is O=C(Cl)C1=C(C(=O)Cl)C2CCC1C2. The molecule has 4 heteroatoms. The molecule has 0 aliphatic heterocycles. The maximum atomic E-state index is 11.0. The Balaban J connectivity index is 2.46. The minimum Gasteiger partial charge on any atom is -0.276 e. The second-order valence-corrected chi connectivity index (χ2v) is 4.27. The van der Waals surface area contributed by atoms with Crippen molar-refractivity contribution in [2.75, 3.05) is 0 Å². The second kappa shape index (κ2) is 3.10. The van der Waals surface area contributed by atoms with Gasteiger partial charge in [-0.3, -0.25) is 9.59 Å². The van der Waals surface area contributed by atoms with Gasteiger partial charge in [0.25, 0.3) is 0 Å². The molecular formula is C9H8Cl2O2. The molecule has 2 aliphatic rings. The van der Waals surface area contributed by atoms with Gasteiger partial charge in [-0.1, -0.05) is 0 Å². The van der Waals surface area contributed by atoms with E-state index in [1.807, 2.05) is 0 Å². The van der Waals surface area contributed by atoms with Crippen LogP contribution < -0.4 is 0 Å². The predicted molar refractivity (Wildman–Crippen MR) is 49.6 cm³/mol. The summed E-state index contributed by atoms with van der Waals surface area (Å²) in [5.74, 6) is 0.375. The monoisotopic (exact) mass is 218 g/mol. The molecule has 13 heavy (non-hydrogen) atoms. The summed E-state index contributed by atoms with van der Waals surface area (Å²) < 4.78 is 0. The molecule has 2 atom stereocenters. The van der Waals surface area contributed by atoms with E-state index in [1.54, 1.807) is 0 Å². The fourth-order valence-corrected chi connectivity index (χ4v) is 2.99. The highest BCUT2D eigenvalue weighted by molar-refractivity contribution is 6.71. The van der Waals surface area contributed by atoms with E-state index in [0.29, 0.717) is 11.1 Å². The van der Waals surface area contributed by atoms with Crippen LogP contribution in [0, 0.1) is 11.8 Å². The Morgan fingerprint density at radius 2 is 1.38 bits per heavy atom. The van der Waals surface area contributed by atoms with Crippen molar-refractivity contribution in [1.82, 2.24) is 0 Å². The molecule has 0 heterocycles. The summed E-state index contributed by atoms with van der Waals surface area (Å²) in [7, 11) is 0. The molecule has 2 bridgehead atoms. The number of allylic oxidation sites excluding steroid dienone is 2. The summed E-state index contributed by atoms with van der Waals surface area (Å²) in [4.78, 5) is 22.1. The summed E-state index contributed by atoms with van der Waals surface area (Å²) in [5, 5.41) is -1.01. The summed E-state index contributed by atoms with van der Waals surface area (Å²) in [5.41, 5.74) is 0.968. The average Bonchev–Trinajstić information content (AvgIpc) is 2.60. The summed E-state index contributed by atoms with van der Waals surface area (Å²) >= 11 is 10.8. The van der Waals surface area contributed by atoms with Crippen molar-refractivity contribution < 1.29 is 9.59 Å². The smallest absolute Gasteiger partial charge is 0.249 e. The number of carbonyl (C=O) groups excluding carboxylic acids is 2. The molecule has 1 fully saturated rings. The molecule has 0 aromatic heterocycles. The lowest BCUT2D eigenvalue weighted by Gasteiger charge is -2.13. The van der Waals surface area contributed by atoms with E-state index in [2.05, 4.69) is 0 Å². The van der Waals surface area contributed by atoms with Crippen LogP contribution in [0.25, 0.3) is 0 Å². The lowest BCUT2D eigenvalue weighted by Crippen LogP contribution is -2.12. The Hall–Kier alpha value is -0.340. The molecule has 0 aromatic rings. The molecule has 2 unspecified atom stereocenters. The van der Waals surface area contributed by atoms with Crippen LogP contribution in [0.15, 0.2) is 11.1 Å². The lowest BCUT2D eigenvalue weighted by molar-refractivity contribution is -0.111. The summed E-state index contributed by atoms with van der Waals surface area (Å²) in [6, 6.07) is 0. The minimum atomic E-state index is -0.504. The zero-order valence-corrected chi connectivity index (χ0v) is 8.36. The van der Waals surface area contributed by atoms with Gasteiger partial charge >= 0.3 is 0 Å². The molecule has 0 aromatic carbocycles. The Morgan fingerprint density at radius 3 is 1.69 bits per heavy atom. The molecule has 0 spiro atoms. The molecule has 2 nitrogen and oxygen atoms in total. The van der Waals surface area contributed by atoms with Gasteiger partial charge in [0.1, 0.15) is 0 Å². The average molecular weight is 219 g/mol. The van der Waals surface area contributed by atoms with Crippen LogP contribution in [0.4, 0.5) is 0 Å². The highest BCUT2D eigenvalue weighted by Gasteiger charge is 2.43. The van der Waals surface area contributed by atoms with Crippen molar-refractivity contribution in [2.45, 2.75) is 19.3 Å². The van der Waals surface area contributed by atoms with Gasteiger partial charge < -0.3 is 0 Å². The maximum Gasteiger partial charge on any atom is 0.249 e. The standard InChI is InChI=1S/C9H8Cl2O2/c10-8(12)6-4-1-2-5(3-4)7(6)9(11)13/h4-5H,1-3H2. The third kappa shape index (κ3) is 1.32. The van der Waals surface area contributed by atoms with Crippen molar-refractivity contribution in [3.63, 3.8) is 0 Å². The quantitative estimate of drug-likeness (QED) is 0.667. The van der Waals surface area contributed by atoms with Crippen LogP contribution in [-0.2, 0) is 9.59 Å². The van der Waals surface area contributed by atoms with Gasteiger partial charge in [0.05, 0.1) is 0 Å². The van der Waals surface area contributed by atoms with Crippen LogP contribution in [0.1, 0.15) is 19.3 Å². The van der Waals surface area contributed by atoms with Gasteiger partial charge in [0.2, 0.25) is 10.5 Å². The second-order valence-electron chi connectivity index (χ2n) is 3.58. The van der Waals surface area contributed by atoms with E-state index in [4.69, 9.17) is 23.2 Å². The van der Waals surface area contributed by atoms with E-state index < -0.39 is 10.5 Å². The first-order valence-corrected chi connectivity index (χ1v) is 5.00. The number of carbonyl (C=O) groups is 2. The van der Waals surface area contributed by atoms with Gasteiger partial charge in [-0.25, -0.2) is 0 Å². The normalized spacial score (nSPS) is 31.2. The first-order chi connectivity index (χ1) is 6.11.